The third-order valence-electron chi connectivity index (χ3n) is 4.18. The van der Waals surface area contributed by atoms with Crippen molar-refractivity contribution >= 4 is 35.8 Å². The normalized spacial score (nSPS) is 12.0. The zero-order valence-electron chi connectivity index (χ0n) is 16.4. The van der Waals surface area contributed by atoms with Crippen molar-refractivity contribution in [2.45, 2.75) is 6.54 Å². The smallest absolute Gasteiger partial charge is 0.251 e. The van der Waals surface area contributed by atoms with Gasteiger partial charge < -0.3 is 30.2 Å². The Morgan fingerprint density at radius 1 is 1.03 bits per heavy atom. The van der Waals surface area contributed by atoms with Crippen LogP contribution < -0.4 is 30.2 Å². The highest BCUT2D eigenvalue weighted by Crippen LogP contribution is 2.32. The zero-order valence-corrected chi connectivity index (χ0v) is 18.7. The van der Waals surface area contributed by atoms with Crippen molar-refractivity contribution in [2.24, 2.45) is 4.99 Å². The number of fused-ring (bicyclic) bond motifs is 1. The van der Waals surface area contributed by atoms with Crippen molar-refractivity contribution in [3.8, 4) is 17.2 Å². The van der Waals surface area contributed by atoms with E-state index in [1.54, 1.807) is 38.4 Å². The fourth-order valence-electron chi connectivity index (χ4n) is 2.66. The number of hydrogen-bond donors (Lipinski definition) is 3. The fourth-order valence-corrected chi connectivity index (χ4v) is 2.66. The van der Waals surface area contributed by atoms with Crippen molar-refractivity contribution in [3.05, 3.63) is 53.6 Å². The Balaban J connectivity index is 0.00000300. The van der Waals surface area contributed by atoms with E-state index >= 15 is 0 Å². The lowest BCUT2D eigenvalue weighted by Crippen LogP contribution is -2.41. The Bertz CT molecular complexity index is 843. The van der Waals surface area contributed by atoms with Crippen LogP contribution in [0.1, 0.15) is 15.9 Å². The van der Waals surface area contributed by atoms with Crippen LogP contribution in [-0.4, -0.2) is 45.9 Å². The van der Waals surface area contributed by atoms with E-state index in [1.165, 1.54) is 0 Å². The number of nitrogens with zero attached hydrogens (tertiary/aromatic N) is 1. The largest absolute Gasteiger partial charge is 0.497 e. The number of halogens is 1. The molecule has 156 valence electrons. The summed E-state index contributed by atoms with van der Waals surface area (Å²) in [7, 11) is 3.29. The number of aliphatic imine (C=N–C) groups is 1. The summed E-state index contributed by atoms with van der Waals surface area (Å²) in [4.78, 5) is 16.3. The summed E-state index contributed by atoms with van der Waals surface area (Å²) >= 11 is 0. The third kappa shape index (κ3) is 6.41. The minimum Gasteiger partial charge on any atom is -0.497 e. The lowest BCUT2D eigenvalue weighted by molar-refractivity contribution is 0.0954. The molecule has 0 spiro atoms. The maximum atomic E-state index is 12.1. The van der Waals surface area contributed by atoms with Gasteiger partial charge in [0.2, 0.25) is 6.79 Å². The summed E-state index contributed by atoms with van der Waals surface area (Å²) < 4.78 is 15.8. The highest BCUT2D eigenvalue weighted by Gasteiger charge is 2.13. The van der Waals surface area contributed by atoms with Crippen molar-refractivity contribution in [3.63, 3.8) is 0 Å². The van der Waals surface area contributed by atoms with Gasteiger partial charge in [-0.25, -0.2) is 0 Å². The van der Waals surface area contributed by atoms with Gasteiger partial charge >= 0.3 is 0 Å². The van der Waals surface area contributed by atoms with Gasteiger partial charge in [-0.3, -0.25) is 9.79 Å². The number of rotatable bonds is 7. The van der Waals surface area contributed by atoms with Crippen LogP contribution in [0.5, 0.6) is 17.2 Å². The predicted molar refractivity (Wildman–Crippen MR) is 122 cm³/mol. The van der Waals surface area contributed by atoms with Crippen molar-refractivity contribution in [1.82, 2.24) is 16.0 Å². The number of amides is 1. The lowest BCUT2D eigenvalue weighted by Gasteiger charge is -2.13. The summed E-state index contributed by atoms with van der Waals surface area (Å²) in [6.45, 7) is 1.87. The first kappa shape index (κ1) is 22.6. The Hall–Kier alpha value is -2.69. The molecule has 1 aliphatic rings. The molecule has 2 aromatic carbocycles. The number of ether oxygens (including phenoxy) is 3. The standard InChI is InChI=1S/C20H24N4O4.HI/c1-21-20(24-12-14-3-8-17-18(11-14)28-13-27-17)23-10-9-22-19(25)15-4-6-16(26-2)7-5-15;/h3-8,11H,9-10,12-13H2,1-2H3,(H,22,25)(H2,21,23,24);1H. The number of guanidine groups is 1. The van der Waals surface area contributed by atoms with E-state index in [0.29, 0.717) is 31.2 Å². The zero-order chi connectivity index (χ0) is 19.8. The first-order valence-corrected chi connectivity index (χ1v) is 8.95. The Morgan fingerprint density at radius 2 is 1.76 bits per heavy atom. The topological polar surface area (TPSA) is 93.2 Å². The van der Waals surface area contributed by atoms with Gasteiger partial charge in [0.25, 0.3) is 5.91 Å². The van der Waals surface area contributed by atoms with Gasteiger partial charge in [-0.1, -0.05) is 6.07 Å². The molecule has 0 aliphatic carbocycles. The maximum Gasteiger partial charge on any atom is 0.251 e. The van der Waals surface area contributed by atoms with Crippen molar-refractivity contribution in [2.75, 3.05) is 34.0 Å². The molecule has 8 nitrogen and oxygen atoms in total. The lowest BCUT2D eigenvalue weighted by atomic mass is 10.2. The summed E-state index contributed by atoms with van der Waals surface area (Å²) in [5.41, 5.74) is 1.64. The van der Waals surface area contributed by atoms with Gasteiger partial charge in [-0.05, 0) is 42.0 Å². The van der Waals surface area contributed by atoms with Crippen LogP contribution in [0.2, 0.25) is 0 Å². The minimum absolute atomic E-state index is 0. The molecule has 2 aromatic rings. The SMILES string of the molecule is CN=C(NCCNC(=O)c1ccc(OC)cc1)NCc1ccc2c(c1)OCO2.I. The molecule has 3 rings (SSSR count). The van der Waals surface area contributed by atoms with E-state index in [1.807, 2.05) is 18.2 Å². The molecule has 0 unspecified atom stereocenters. The monoisotopic (exact) mass is 512 g/mol. The van der Waals surface area contributed by atoms with Crippen LogP contribution in [-0.2, 0) is 6.54 Å². The molecule has 1 heterocycles. The van der Waals surface area contributed by atoms with Gasteiger partial charge in [-0.2, -0.15) is 0 Å². The Labute approximate surface area is 187 Å². The number of hydrogen-bond acceptors (Lipinski definition) is 5. The van der Waals surface area contributed by atoms with Crippen LogP contribution in [0.25, 0.3) is 0 Å². The molecule has 9 heteroatoms. The number of carbonyl (C=O) groups excluding carboxylic acids is 1. The van der Waals surface area contributed by atoms with Crippen molar-refractivity contribution in [1.29, 1.82) is 0 Å². The van der Waals surface area contributed by atoms with E-state index < -0.39 is 0 Å². The van der Waals surface area contributed by atoms with E-state index in [-0.39, 0.29) is 36.7 Å². The highest BCUT2D eigenvalue weighted by atomic mass is 127. The molecule has 0 fully saturated rings. The second-order valence-electron chi connectivity index (χ2n) is 6.02. The molecule has 0 radical (unpaired) electrons. The van der Waals surface area contributed by atoms with E-state index in [2.05, 4.69) is 20.9 Å². The fraction of sp³-hybridized carbons (Fsp3) is 0.300. The third-order valence-corrected chi connectivity index (χ3v) is 4.18. The molecular formula is C20H25IN4O4. The van der Waals surface area contributed by atoms with E-state index in [4.69, 9.17) is 14.2 Å². The van der Waals surface area contributed by atoms with Gasteiger partial charge in [-0.15, -0.1) is 24.0 Å². The predicted octanol–water partition coefficient (Wildman–Crippen LogP) is 2.14. The van der Waals surface area contributed by atoms with Crippen LogP contribution >= 0.6 is 24.0 Å². The summed E-state index contributed by atoms with van der Waals surface area (Å²) in [6, 6.07) is 12.8. The molecule has 0 aromatic heterocycles. The summed E-state index contributed by atoms with van der Waals surface area (Å²) in [5.74, 6) is 2.75. The maximum absolute atomic E-state index is 12.1. The van der Waals surface area contributed by atoms with E-state index in [9.17, 15) is 4.79 Å². The molecular weight excluding hydrogens is 487 g/mol. The molecule has 0 bridgehead atoms. The number of methoxy groups -OCH3 is 1. The van der Waals surface area contributed by atoms with Crippen LogP contribution in [0, 0.1) is 0 Å². The van der Waals surface area contributed by atoms with Crippen molar-refractivity contribution < 1.29 is 19.0 Å². The second kappa shape index (κ2) is 11.3. The molecule has 1 aliphatic heterocycles. The van der Waals surface area contributed by atoms with E-state index in [0.717, 1.165) is 22.8 Å². The number of nitrogens with one attached hydrogen (secondary N) is 3. The Kier molecular flexibility index (Phi) is 8.84. The molecule has 0 saturated carbocycles. The van der Waals surface area contributed by atoms with Gasteiger partial charge in [0, 0.05) is 32.2 Å². The summed E-state index contributed by atoms with van der Waals surface area (Å²) in [6.07, 6.45) is 0. The number of carbonyl (C=O) groups is 1. The summed E-state index contributed by atoms with van der Waals surface area (Å²) in [5, 5.41) is 9.25. The van der Waals surface area contributed by atoms with Crippen LogP contribution in [0.3, 0.4) is 0 Å². The van der Waals surface area contributed by atoms with Gasteiger partial charge in [0.15, 0.2) is 17.5 Å². The quantitative estimate of drug-likeness (QED) is 0.228. The molecule has 0 atom stereocenters. The van der Waals surface area contributed by atoms with Gasteiger partial charge in [0.05, 0.1) is 7.11 Å². The Morgan fingerprint density at radius 3 is 2.48 bits per heavy atom. The van der Waals surface area contributed by atoms with Crippen LogP contribution in [0.4, 0.5) is 0 Å². The average molecular weight is 512 g/mol. The molecule has 3 N–H and O–H groups in total. The second-order valence-corrected chi connectivity index (χ2v) is 6.02. The first-order valence-electron chi connectivity index (χ1n) is 8.95. The first-order chi connectivity index (χ1) is 13.7. The molecule has 29 heavy (non-hydrogen) atoms. The van der Waals surface area contributed by atoms with Gasteiger partial charge in [0.1, 0.15) is 5.75 Å². The number of benzene rings is 2. The highest BCUT2D eigenvalue weighted by molar-refractivity contribution is 14.0. The molecule has 0 saturated heterocycles. The molecule has 1 amide bonds. The minimum atomic E-state index is -0.132. The van der Waals surface area contributed by atoms with Crippen LogP contribution in [0.15, 0.2) is 47.5 Å². The average Bonchev–Trinajstić information content (AvgIpc) is 3.21.